The first-order valence-electron chi connectivity index (χ1n) is 8.34. The molecule has 4 rings (SSSR count). The van der Waals surface area contributed by atoms with Crippen molar-refractivity contribution >= 4 is 5.69 Å². The number of pyridine rings is 1. The van der Waals surface area contributed by atoms with Crippen molar-refractivity contribution in [3.63, 3.8) is 0 Å². The quantitative estimate of drug-likeness (QED) is 0.726. The van der Waals surface area contributed by atoms with E-state index in [1.165, 1.54) is 17.5 Å². The van der Waals surface area contributed by atoms with Crippen molar-refractivity contribution in [3.05, 3.63) is 77.5 Å². The molecule has 0 bridgehead atoms. The van der Waals surface area contributed by atoms with Gasteiger partial charge in [0.25, 0.3) is 0 Å². The van der Waals surface area contributed by atoms with Crippen LogP contribution in [-0.4, -0.2) is 4.98 Å². The van der Waals surface area contributed by atoms with E-state index in [1.807, 2.05) is 42.5 Å². The van der Waals surface area contributed by atoms with Crippen molar-refractivity contribution in [3.8, 4) is 17.0 Å². The lowest BCUT2D eigenvalue weighted by atomic mass is 9.98. The lowest BCUT2D eigenvalue weighted by Crippen LogP contribution is -1.99. The van der Waals surface area contributed by atoms with E-state index in [2.05, 4.69) is 17.1 Å². The number of fused-ring (bicyclic) bond motifs is 1. The van der Waals surface area contributed by atoms with Crippen molar-refractivity contribution < 1.29 is 4.74 Å². The maximum absolute atomic E-state index is 6.42. The van der Waals surface area contributed by atoms with Crippen LogP contribution in [0.25, 0.3) is 11.1 Å². The predicted molar refractivity (Wildman–Crippen MR) is 96.9 cm³/mol. The number of aryl methyl sites for hydroxylation is 1. The third-order valence-corrected chi connectivity index (χ3v) is 4.60. The van der Waals surface area contributed by atoms with Gasteiger partial charge in [-0.15, -0.1) is 0 Å². The number of hydrogen-bond donors (Lipinski definition) is 1. The number of nitrogens with zero attached hydrogens (tertiary/aromatic N) is 1. The lowest BCUT2D eigenvalue weighted by Gasteiger charge is -2.12. The van der Waals surface area contributed by atoms with E-state index in [0.717, 1.165) is 35.2 Å². The average Bonchev–Trinajstić information content (AvgIpc) is 3.11. The number of ether oxygens (including phenoxy) is 1. The maximum atomic E-state index is 6.42. The molecule has 3 nitrogen and oxygen atoms in total. The Morgan fingerprint density at radius 3 is 2.75 bits per heavy atom. The highest BCUT2D eigenvalue weighted by Crippen LogP contribution is 2.35. The highest BCUT2D eigenvalue weighted by molar-refractivity contribution is 5.80. The summed E-state index contributed by atoms with van der Waals surface area (Å²) >= 11 is 0. The molecule has 1 heterocycles. The molecule has 3 aromatic rings. The Labute approximate surface area is 142 Å². The van der Waals surface area contributed by atoms with E-state index in [0.29, 0.717) is 12.5 Å². The number of nitrogens with two attached hydrogens (primary N) is 1. The molecular weight excluding hydrogens is 296 g/mol. The summed E-state index contributed by atoms with van der Waals surface area (Å²) in [6.45, 7) is 0.511. The third kappa shape index (κ3) is 2.85. The fourth-order valence-corrected chi connectivity index (χ4v) is 3.33. The molecule has 120 valence electrons. The average molecular weight is 316 g/mol. The van der Waals surface area contributed by atoms with Gasteiger partial charge in [0, 0.05) is 23.5 Å². The molecule has 0 fully saturated rings. The minimum atomic E-state index is 0.511. The first-order chi connectivity index (χ1) is 11.8. The zero-order valence-electron chi connectivity index (χ0n) is 13.5. The van der Waals surface area contributed by atoms with E-state index in [1.54, 1.807) is 6.20 Å². The van der Waals surface area contributed by atoms with Crippen molar-refractivity contribution in [2.45, 2.75) is 25.9 Å². The molecule has 0 saturated carbocycles. The van der Waals surface area contributed by atoms with Crippen molar-refractivity contribution in [1.82, 2.24) is 4.98 Å². The van der Waals surface area contributed by atoms with Crippen LogP contribution in [-0.2, 0) is 19.4 Å². The number of rotatable bonds is 4. The van der Waals surface area contributed by atoms with Crippen LogP contribution in [0.15, 0.2) is 60.8 Å². The number of hydrogen-bond acceptors (Lipinski definition) is 3. The minimum Gasteiger partial charge on any atom is -0.473 e. The molecule has 0 amide bonds. The molecule has 1 aromatic heterocycles. The summed E-state index contributed by atoms with van der Waals surface area (Å²) in [5.74, 6) is 0.622. The summed E-state index contributed by atoms with van der Waals surface area (Å²) in [6.07, 6.45) is 5.20. The van der Waals surface area contributed by atoms with Gasteiger partial charge in [-0.05, 0) is 47.6 Å². The van der Waals surface area contributed by atoms with E-state index < -0.39 is 0 Å². The van der Waals surface area contributed by atoms with Gasteiger partial charge in [0.15, 0.2) is 0 Å². The Kier molecular flexibility index (Phi) is 3.91. The van der Waals surface area contributed by atoms with Crippen LogP contribution in [0, 0.1) is 0 Å². The molecule has 24 heavy (non-hydrogen) atoms. The Morgan fingerprint density at radius 1 is 1.00 bits per heavy atom. The molecule has 0 spiro atoms. The number of nitrogen functional groups attached to an aromatic ring is 1. The van der Waals surface area contributed by atoms with Crippen molar-refractivity contribution in [1.29, 1.82) is 0 Å². The second-order valence-electron chi connectivity index (χ2n) is 6.18. The number of anilines is 1. The molecule has 1 aliphatic rings. The second kappa shape index (κ2) is 6.36. The smallest absolute Gasteiger partial charge is 0.214 e. The summed E-state index contributed by atoms with van der Waals surface area (Å²) in [7, 11) is 0. The van der Waals surface area contributed by atoms with Gasteiger partial charge < -0.3 is 10.5 Å². The zero-order valence-corrected chi connectivity index (χ0v) is 13.5. The van der Waals surface area contributed by atoms with Crippen molar-refractivity contribution in [2.75, 3.05) is 5.73 Å². The molecule has 2 aromatic carbocycles. The standard InChI is InChI=1S/C21H20N2O/c22-21-18-8-4-7-16(18)9-10-19(21)17-11-12-23-20(13-17)24-14-15-5-2-1-3-6-15/h1-3,5-6,9-13H,4,7-8,14,22H2. The monoisotopic (exact) mass is 316 g/mol. The molecule has 3 heteroatoms. The summed E-state index contributed by atoms with van der Waals surface area (Å²) in [5.41, 5.74) is 13.3. The molecule has 1 aliphatic carbocycles. The van der Waals surface area contributed by atoms with Crippen LogP contribution in [0.1, 0.15) is 23.1 Å². The normalized spacial score (nSPS) is 12.8. The van der Waals surface area contributed by atoms with Crippen LogP contribution >= 0.6 is 0 Å². The summed E-state index contributed by atoms with van der Waals surface area (Å²) in [5, 5.41) is 0. The SMILES string of the molecule is Nc1c(-c2ccnc(OCc3ccccc3)c2)ccc2c1CCC2. The van der Waals surface area contributed by atoms with E-state index in [9.17, 15) is 0 Å². The highest BCUT2D eigenvalue weighted by atomic mass is 16.5. The zero-order chi connectivity index (χ0) is 16.4. The van der Waals surface area contributed by atoms with Crippen LogP contribution in [0.5, 0.6) is 5.88 Å². The van der Waals surface area contributed by atoms with Gasteiger partial charge >= 0.3 is 0 Å². The topological polar surface area (TPSA) is 48.1 Å². The Morgan fingerprint density at radius 2 is 1.88 bits per heavy atom. The largest absolute Gasteiger partial charge is 0.473 e. The van der Waals surface area contributed by atoms with Gasteiger partial charge in [-0.1, -0.05) is 42.5 Å². The molecule has 0 radical (unpaired) electrons. The Bertz CT molecular complexity index is 859. The van der Waals surface area contributed by atoms with E-state index in [4.69, 9.17) is 10.5 Å². The minimum absolute atomic E-state index is 0.511. The summed E-state index contributed by atoms with van der Waals surface area (Å²) < 4.78 is 5.83. The lowest BCUT2D eigenvalue weighted by molar-refractivity contribution is 0.294. The predicted octanol–water partition coefficient (Wildman–Crippen LogP) is 4.40. The second-order valence-corrected chi connectivity index (χ2v) is 6.18. The number of benzene rings is 2. The molecule has 0 unspecified atom stereocenters. The van der Waals surface area contributed by atoms with Crippen LogP contribution < -0.4 is 10.5 Å². The molecular formula is C21H20N2O. The van der Waals surface area contributed by atoms with Crippen LogP contribution in [0.2, 0.25) is 0 Å². The van der Waals surface area contributed by atoms with E-state index >= 15 is 0 Å². The fourth-order valence-electron chi connectivity index (χ4n) is 3.33. The summed E-state index contributed by atoms with van der Waals surface area (Å²) in [4.78, 5) is 4.32. The third-order valence-electron chi connectivity index (χ3n) is 4.60. The first-order valence-corrected chi connectivity index (χ1v) is 8.34. The molecule has 0 saturated heterocycles. The van der Waals surface area contributed by atoms with Gasteiger partial charge in [-0.3, -0.25) is 0 Å². The van der Waals surface area contributed by atoms with Crippen LogP contribution in [0.3, 0.4) is 0 Å². The highest BCUT2D eigenvalue weighted by Gasteiger charge is 2.17. The van der Waals surface area contributed by atoms with Gasteiger partial charge in [0.1, 0.15) is 6.61 Å². The molecule has 0 aliphatic heterocycles. The van der Waals surface area contributed by atoms with Crippen LogP contribution in [0.4, 0.5) is 5.69 Å². The molecule has 2 N–H and O–H groups in total. The number of aromatic nitrogens is 1. The van der Waals surface area contributed by atoms with E-state index in [-0.39, 0.29) is 0 Å². The van der Waals surface area contributed by atoms with Gasteiger partial charge in [0.2, 0.25) is 5.88 Å². The maximum Gasteiger partial charge on any atom is 0.214 e. The van der Waals surface area contributed by atoms with Gasteiger partial charge in [0.05, 0.1) is 0 Å². The van der Waals surface area contributed by atoms with Gasteiger partial charge in [-0.2, -0.15) is 0 Å². The van der Waals surface area contributed by atoms with Crippen molar-refractivity contribution in [2.24, 2.45) is 0 Å². The molecule has 0 atom stereocenters. The Balaban J connectivity index is 1.59. The first kappa shape index (κ1) is 14.8. The Hall–Kier alpha value is -2.81. The van der Waals surface area contributed by atoms with Gasteiger partial charge in [-0.25, -0.2) is 4.98 Å². The summed E-state index contributed by atoms with van der Waals surface area (Å²) in [6, 6.07) is 18.4. The fraction of sp³-hybridized carbons (Fsp3) is 0.190.